The Labute approximate surface area is 150 Å². The lowest BCUT2D eigenvalue weighted by Gasteiger charge is -2.28. The molecule has 1 amide bonds. The van der Waals surface area contributed by atoms with E-state index in [1.54, 1.807) is 0 Å². The number of amides is 1. The van der Waals surface area contributed by atoms with Crippen molar-refractivity contribution in [1.82, 2.24) is 10.2 Å². The van der Waals surface area contributed by atoms with E-state index in [9.17, 15) is 4.79 Å². The van der Waals surface area contributed by atoms with Gasteiger partial charge in [0.15, 0.2) is 0 Å². The zero-order chi connectivity index (χ0) is 15.6. The first-order valence-corrected chi connectivity index (χ1v) is 9.11. The van der Waals surface area contributed by atoms with Gasteiger partial charge in [0.25, 0.3) is 5.91 Å². The maximum atomic E-state index is 13.0. The van der Waals surface area contributed by atoms with Crippen molar-refractivity contribution in [3.05, 3.63) is 29.8 Å². The van der Waals surface area contributed by atoms with Gasteiger partial charge in [-0.3, -0.25) is 4.79 Å². The smallest absolute Gasteiger partial charge is 0.254 e. The van der Waals surface area contributed by atoms with E-state index in [0.717, 1.165) is 56.5 Å². The number of carbonyl (C=O) groups excluding carboxylic acids is 1. The molecule has 0 radical (unpaired) electrons. The molecule has 0 spiro atoms. The molecule has 2 atom stereocenters. The highest BCUT2D eigenvalue weighted by atomic mass is 35.5. The molecule has 2 heterocycles. The largest absolute Gasteiger partial charge is 0.490 e. The van der Waals surface area contributed by atoms with Crippen molar-refractivity contribution in [1.29, 1.82) is 0 Å². The highest BCUT2D eigenvalue weighted by Gasteiger charge is 2.38. The molecule has 1 aromatic carbocycles. The minimum atomic E-state index is 0. The molecule has 1 N–H and O–H groups in total. The van der Waals surface area contributed by atoms with Gasteiger partial charge in [0.05, 0.1) is 6.10 Å². The lowest BCUT2D eigenvalue weighted by atomic mass is 10.1. The zero-order valence-corrected chi connectivity index (χ0v) is 14.9. The fourth-order valence-corrected chi connectivity index (χ4v) is 4.36. The fraction of sp³-hybridized carbons (Fsp3) is 0.632. The second kappa shape index (κ2) is 7.75. The third-order valence-electron chi connectivity index (χ3n) is 5.57. The number of benzene rings is 1. The Bertz CT molecular complexity index is 560. The van der Waals surface area contributed by atoms with Gasteiger partial charge in [-0.2, -0.15) is 0 Å². The molecule has 132 valence electrons. The van der Waals surface area contributed by atoms with Gasteiger partial charge in [0.2, 0.25) is 0 Å². The molecule has 1 aromatic rings. The highest BCUT2D eigenvalue weighted by Crippen LogP contribution is 2.31. The van der Waals surface area contributed by atoms with Gasteiger partial charge in [-0.05, 0) is 69.7 Å². The van der Waals surface area contributed by atoms with Crippen molar-refractivity contribution in [2.24, 2.45) is 0 Å². The van der Waals surface area contributed by atoms with E-state index in [1.165, 1.54) is 12.8 Å². The summed E-state index contributed by atoms with van der Waals surface area (Å²) in [6.07, 6.45) is 8.47. The molecule has 3 fully saturated rings. The third kappa shape index (κ3) is 3.55. The Morgan fingerprint density at radius 3 is 2.71 bits per heavy atom. The van der Waals surface area contributed by atoms with Gasteiger partial charge < -0.3 is 15.0 Å². The van der Waals surface area contributed by atoms with Gasteiger partial charge in [-0.15, -0.1) is 12.4 Å². The van der Waals surface area contributed by atoms with Crippen LogP contribution in [0.1, 0.15) is 55.3 Å². The molecule has 2 aliphatic heterocycles. The van der Waals surface area contributed by atoms with E-state index < -0.39 is 0 Å². The summed E-state index contributed by atoms with van der Waals surface area (Å²) in [4.78, 5) is 15.2. The minimum Gasteiger partial charge on any atom is -0.490 e. The van der Waals surface area contributed by atoms with Crippen molar-refractivity contribution in [3.63, 3.8) is 0 Å². The summed E-state index contributed by atoms with van der Waals surface area (Å²) < 4.78 is 6.06. The van der Waals surface area contributed by atoms with Gasteiger partial charge in [-0.25, -0.2) is 0 Å². The van der Waals surface area contributed by atoms with Gasteiger partial charge in [-0.1, -0.05) is 6.07 Å². The van der Waals surface area contributed by atoms with Crippen molar-refractivity contribution in [2.75, 3.05) is 13.1 Å². The normalized spacial score (nSPS) is 26.8. The molecular formula is C19H27ClN2O2. The monoisotopic (exact) mass is 350 g/mol. The maximum absolute atomic E-state index is 13.0. The van der Waals surface area contributed by atoms with Crippen LogP contribution in [0.25, 0.3) is 0 Å². The molecule has 24 heavy (non-hydrogen) atoms. The molecule has 1 saturated carbocycles. The number of fused-ring (bicyclic) bond motifs is 2. The Kier molecular flexibility index (Phi) is 5.67. The topological polar surface area (TPSA) is 41.6 Å². The average Bonchev–Trinajstić information content (AvgIpc) is 3.14. The summed E-state index contributed by atoms with van der Waals surface area (Å²) in [7, 11) is 0. The van der Waals surface area contributed by atoms with Gasteiger partial charge in [0, 0.05) is 24.2 Å². The zero-order valence-electron chi connectivity index (χ0n) is 14.1. The number of carbonyl (C=O) groups is 1. The van der Waals surface area contributed by atoms with E-state index in [2.05, 4.69) is 10.2 Å². The van der Waals surface area contributed by atoms with Gasteiger partial charge in [0.1, 0.15) is 5.75 Å². The summed E-state index contributed by atoms with van der Waals surface area (Å²) in [5, 5.41) is 3.46. The van der Waals surface area contributed by atoms with Crippen molar-refractivity contribution in [2.45, 2.75) is 63.1 Å². The van der Waals surface area contributed by atoms with E-state index in [4.69, 9.17) is 4.74 Å². The Morgan fingerprint density at radius 1 is 1.08 bits per heavy atom. The predicted octanol–water partition coefficient (Wildman–Crippen LogP) is 3.40. The lowest BCUT2D eigenvalue weighted by molar-refractivity contribution is 0.0679. The number of nitrogens with zero attached hydrogens (tertiary/aromatic N) is 1. The molecule has 2 saturated heterocycles. The van der Waals surface area contributed by atoms with Crippen LogP contribution in [0.15, 0.2) is 24.3 Å². The second-order valence-corrected chi connectivity index (χ2v) is 7.14. The SMILES string of the molecule is Cl.O=C(c1cccc(OC2CCCC2)c1)N1C2CCNCC1CC2. The summed E-state index contributed by atoms with van der Waals surface area (Å²) in [6.45, 7) is 1.95. The van der Waals surface area contributed by atoms with Crippen LogP contribution in [0.4, 0.5) is 0 Å². The van der Waals surface area contributed by atoms with Crippen LogP contribution in [0, 0.1) is 0 Å². The summed E-state index contributed by atoms with van der Waals surface area (Å²) >= 11 is 0. The van der Waals surface area contributed by atoms with Gasteiger partial charge >= 0.3 is 0 Å². The number of nitrogens with one attached hydrogen (secondary N) is 1. The summed E-state index contributed by atoms with van der Waals surface area (Å²) in [5.41, 5.74) is 0.777. The standard InChI is InChI=1S/C19H26N2O2.ClH/c22-19(21-15-8-9-16(21)13-20-11-10-15)14-4-3-7-18(12-14)23-17-5-1-2-6-17;/h3-4,7,12,15-17,20H,1-2,5-6,8-11,13H2;1H. The van der Waals surface area contributed by atoms with Crippen LogP contribution in [0.5, 0.6) is 5.75 Å². The van der Waals surface area contributed by atoms with E-state index in [-0.39, 0.29) is 18.3 Å². The van der Waals surface area contributed by atoms with Crippen LogP contribution in [-0.2, 0) is 0 Å². The minimum absolute atomic E-state index is 0. The third-order valence-corrected chi connectivity index (χ3v) is 5.57. The molecule has 2 bridgehead atoms. The van der Waals surface area contributed by atoms with E-state index >= 15 is 0 Å². The molecule has 2 unspecified atom stereocenters. The van der Waals surface area contributed by atoms with Crippen LogP contribution in [0.2, 0.25) is 0 Å². The Balaban J connectivity index is 0.00000169. The van der Waals surface area contributed by atoms with Crippen LogP contribution in [-0.4, -0.2) is 42.1 Å². The number of rotatable bonds is 3. The predicted molar refractivity (Wildman–Crippen MR) is 97.0 cm³/mol. The number of hydrogen-bond acceptors (Lipinski definition) is 3. The lowest BCUT2D eigenvalue weighted by Crippen LogP contribution is -2.42. The first-order valence-electron chi connectivity index (χ1n) is 9.11. The maximum Gasteiger partial charge on any atom is 0.254 e. The molecule has 4 nitrogen and oxygen atoms in total. The van der Waals surface area contributed by atoms with Crippen molar-refractivity contribution < 1.29 is 9.53 Å². The van der Waals surface area contributed by atoms with Crippen LogP contribution >= 0.6 is 12.4 Å². The second-order valence-electron chi connectivity index (χ2n) is 7.14. The number of halogens is 1. The summed E-state index contributed by atoms with van der Waals surface area (Å²) in [6, 6.07) is 8.57. The highest BCUT2D eigenvalue weighted by molar-refractivity contribution is 5.95. The average molecular weight is 351 g/mol. The molecule has 5 heteroatoms. The number of ether oxygens (including phenoxy) is 1. The summed E-state index contributed by atoms with van der Waals surface area (Å²) in [5.74, 6) is 1.03. The quantitative estimate of drug-likeness (QED) is 0.908. The van der Waals surface area contributed by atoms with Crippen LogP contribution < -0.4 is 10.1 Å². The van der Waals surface area contributed by atoms with Crippen LogP contribution in [0.3, 0.4) is 0 Å². The van der Waals surface area contributed by atoms with Crippen molar-refractivity contribution >= 4 is 18.3 Å². The molecule has 0 aromatic heterocycles. The van der Waals surface area contributed by atoms with E-state index in [1.807, 2.05) is 24.3 Å². The molecular weight excluding hydrogens is 324 g/mol. The molecule has 4 rings (SSSR count). The molecule has 1 aliphatic carbocycles. The Hall–Kier alpha value is -1.26. The first-order chi connectivity index (χ1) is 11.3. The van der Waals surface area contributed by atoms with E-state index in [0.29, 0.717) is 18.2 Å². The first kappa shape index (κ1) is 17.6. The Morgan fingerprint density at radius 2 is 1.88 bits per heavy atom. The number of hydrogen-bond donors (Lipinski definition) is 1. The molecule has 3 aliphatic rings. The van der Waals surface area contributed by atoms with Crippen molar-refractivity contribution in [3.8, 4) is 5.75 Å². The fourth-order valence-electron chi connectivity index (χ4n) is 4.36.